The van der Waals surface area contributed by atoms with Crippen LogP contribution in [0.2, 0.25) is 0 Å². The lowest BCUT2D eigenvalue weighted by molar-refractivity contribution is 0.642. The van der Waals surface area contributed by atoms with E-state index in [0.29, 0.717) is 0 Å². The predicted octanol–water partition coefficient (Wildman–Crippen LogP) is 0.616. The minimum atomic E-state index is 0.809. The predicted molar refractivity (Wildman–Crippen MR) is 59.3 cm³/mol. The van der Waals surface area contributed by atoms with E-state index >= 15 is 0 Å². The van der Waals surface area contributed by atoms with Gasteiger partial charge in [0.25, 0.3) is 0 Å². The summed E-state index contributed by atoms with van der Waals surface area (Å²) in [5, 5.41) is 14.9. The number of fused-ring (bicyclic) bond motifs is 1. The van der Waals surface area contributed by atoms with Gasteiger partial charge in [0, 0.05) is 6.54 Å². The molecular formula is C11H13N5. The molecule has 1 aromatic heterocycles. The molecule has 0 atom stereocenters. The normalized spacial score (nSPS) is 14.8. The molecule has 5 nitrogen and oxygen atoms in total. The van der Waals surface area contributed by atoms with Gasteiger partial charge in [-0.05, 0) is 53.6 Å². The number of hydrogen-bond donors (Lipinski definition) is 1. The van der Waals surface area contributed by atoms with E-state index in [2.05, 4.69) is 39.0 Å². The lowest BCUT2D eigenvalue weighted by Crippen LogP contribution is -2.23. The lowest BCUT2D eigenvalue weighted by Gasteiger charge is -2.17. The van der Waals surface area contributed by atoms with Gasteiger partial charge in [-0.1, -0.05) is 6.07 Å². The Labute approximate surface area is 93.5 Å². The highest BCUT2D eigenvalue weighted by Gasteiger charge is 2.11. The van der Waals surface area contributed by atoms with Crippen LogP contribution < -0.4 is 5.32 Å². The molecule has 82 valence electrons. The molecule has 0 aliphatic carbocycles. The van der Waals surface area contributed by atoms with Crippen molar-refractivity contribution in [2.75, 3.05) is 6.54 Å². The quantitative estimate of drug-likeness (QED) is 0.757. The number of nitrogens with zero attached hydrogens (tertiary/aromatic N) is 4. The van der Waals surface area contributed by atoms with Crippen molar-refractivity contribution in [1.82, 2.24) is 25.5 Å². The van der Waals surface area contributed by atoms with Crippen LogP contribution in [-0.4, -0.2) is 26.8 Å². The molecular weight excluding hydrogens is 202 g/mol. The second-order valence-electron chi connectivity index (χ2n) is 4.02. The Morgan fingerprint density at radius 3 is 3.06 bits per heavy atom. The number of nitrogens with one attached hydrogen (secondary N) is 1. The number of benzene rings is 1. The number of aromatic nitrogens is 4. The first-order valence-electron chi connectivity index (χ1n) is 5.42. The van der Waals surface area contributed by atoms with Gasteiger partial charge >= 0.3 is 0 Å². The van der Waals surface area contributed by atoms with Crippen molar-refractivity contribution in [3.63, 3.8) is 0 Å². The molecule has 0 saturated heterocycles. The maximum Gasteiger partial charge on any atom is 0.153 e. The SMILES string of the molecule is Cc1nnnn1-c1ccc2c(c1)CNCC2. The molecule has 0 spiro atoms. The van der Waals surface area contributed by atoms with E-state index in [-0.39, 0.29) is 0 Å². The van der Waals surface area contributed by atoms with E-state index in [1.165, 1.54) is 11.1 Å². The molecule has 1 aliphatic heterocycles. The molecule has 2 aromatic rings. The molecule has 0 radical (unpaired) electrons. The highest BCUT2D eigenvalue weighted by Crippen LogP contribution is 2.18. The Balaban J connectivity index is 2.06. The van der Waals surface area contributed by atoms with Crippen LogP contribution in [-0.2, 0) is 13.0 Å². The molecule has 0 fully saturated rings. The highest BCUT2D eigenvalue weighted by molar-refractivity contribution is 5.41. The fourth-order valence-electron chi connectivity index (χ4n) is 2.07. The van der Waals surface area contributed by atoms with E-state index in [1.807, 2.05) is 6.92 Å². The fraction of sp³-hybridized carbons (Fsp3) is 0.364. The Morgan fingerprint density at radius 2 is 2.25 bits per heavy atom. The maximum atomic E-state index is 3.97. The summed E-state index contributed by atoms with van der Waals surface area (Å²) in [6.45, 7) is 3.90. The fourth-order valence-corrected chi connectivity index (χ4v) is 2.07. The monoisotopic (exact) mass is 215 g/mol. The van der Waals surface area contributed by atoms with Crippen LogP contribution in [0.4, 0.5) is 0 Å². The standard InChI is InChI=1S/C11H13N5/c1-8-13-14-15-16(8)11-3-2-9-4-5-12-7-10(9)6-11/h2-3,6,12H,4-5,7H2,1H3. The van der Waals surface area contributed by atoms with E-state index in [0.717, 1.165) is 31.0 Å². The molecule has 0 saturated carbocycles. The Kier molecular flexibility index (Phi) is 2.18. The topological polar surface area (TPSA) is 55.6 Å². The van der Waals surface area contributed by atoms with Crippen molar-refractivity contribution < 1.29 is 0 Å². The Bertz CT molecular complexity index is 517. The Hall–Kier alpha value is -1.75. The van der Waals surface area contributed by atoms with Crippen molar-refractivity contribution in [2.45, 2.75) is 19.9 Å². The van der Waals surface area contributed by atoms with Crippen molar-refractivity contribution in [2.24, 2.45) is 0 Å². The highest BCUT2D eigenvalue weighted by atomic mass is 15.5. The van der Waals surface area contributed by atoms with Crippen LogP contribution in [0.5, 0.6) is 0 Å². The third-order valence-electron chi connectivity index (χ3n) is 2.95. The number of aryl methyl sites for hydroxylation is 1. The van der Waals surface area contributed by atoms with Gasteiger partial charge < -0.3 is 5.32 Å². The van der Waals surface area contributed by atoms with Gasteiger partial charge in [-0.15, -0.1) is 5.10 Å². The summed E-state index contributed by atoms with van der Waals surface area (Å²) < 4.78 is 1.76. The molecule has 5 heteroatoms. The zero-order chi connectivity index (χ0) is 11.0. The van der Waals surface area contributed by atoms with E-state index in [4.69, 9.17) is 0 Å². The number of tetrazole rings is 1. The van der Waals surface area contributed by atoms with E-state index < -0.39 is 0 Å². The van der Waals surface area contributed by atoms with Crippen molar-refractivity contribution in [1.29, 1.82) is 0 Å². The number of rotatable bonds is 1. The van der Waals surface area contributed by atoms with Gasteiger partial charge in [-0.2, -0.15) is 4.68 Å². The van der Waals surface area contributed by atoms with E-state index in [1.54, 1.807) is 4.68 Å². The molecule has 0 unspecified atom stereocenters. The average molecular weight is 215 g/mol. The first kappa shape index (κ1) is 9.47. The summed E-state index contributed by atoms with van der Waals surface area (Å²) in [7, 11) is 0. The van der Waals surface area contributed by atoms with Crippen molar-refractivity contribution in [3.05, 3.63) is 35.2 Å². The van der Waals surface area contributed by atoms with Gasteiger partial charge in [-0.25, -0.2) is 0 Å². The average Bonchev–Trinajstić information content (AvgIpc) is 2.75. The summed E-state index contributed by atoms with van der Waals surface area (Å²) in [6, 6.07) is 6.41. The zero-order valence-corrected chi connectivity index (χ0v) is 9.14. The van der Waals surface area contributed by atoms with Gasteiger partial charge in [0.15, 0.2) is 5.82 Å². The summed E-state index contributed by atoms with van der Waals surface area (Å²) in [6.07, 6.45) is 1.10. The van der Waals surface area contributed by atoms with Crippen LogP contribution in [0.1, 0.15) is 17.0 Å². The van der Waals surface area contributed by atoms with E-state index in [9.17, 15) is 0 Å². The second kappa shape index (κ2) is 3.68. The maximum absolute atomic E-state index is 3.97. The van der Waals surface area contributed by atoms with Crippen LogP contribution >= 0.6 is 0 Å². The molecule has 1 aliphatic rings. The van der Waals surface area contributed by atoms with Crippen molar-refractivity contribution >= 4 is 0 Å². The summed E-state index contributed by atoms with van der Waals surface area (Å²) in [5.74, 6) is 0.809. The first-order valence-corrected chi connectivity index (χ1v) is 5.42. The summed E-state index contributed by atoms with van der Waals surface area (Å²) in [5.41, 5.74) is 3.80. The van der Waals surface area contributed by atoms with Gasteiger partial charge in [0.2, 0.25) is 0 Å². The molecule has 16 heavy (non-hydrogen) atoms. The summed E-state index contributed by atoms with van der Waals surface area (Å²) in [4.78, 5) is 0. The van der Waals surface area contributed by atoms with Gasteiger partial charge in [0.05, 0.1) is 5.69 Å². The molecule has 3 rings (SSSR count). The molecule has 1 aromatic carbocycles. The third kappa shape index (κ3) is 1.49. The lowest BCUT2D eigenvalue weighted by atomic mass is 10.0. The third-order valence-corrected chi connectivity index (χ3v) is 2.95. The van der Waals surface area contributed by atoms with Crippen molar-refractivity contribution in [3.8, 4) is 5.69 Å². The minimum absolute atomic E-state index is 0.809. The van der Waals surface area contributed by atoms with Crippen LogP contribution in [0.25, 0.3) is 5.69 Å². The van der Waals surface area contributed by atoms with Gasteiger partial charge in [-0.3, -0.25) is 0 Å². The largest absolute Gasteiger partial charge is 0.312 e. The first-order chi connectivity index (χ1) is 7.84. The molecule has 0 bridgehead atoms. The smallest absolute Gasteiger partial charge is 0.153 e. The zero-order valence-electron chi connectivity index (χ0n) is 9.14. The minimum Gasteiger partial charge on any atom is -0.312 e. The van der Waals surface area contributed by atoms with Crippen LogP contribution in [0, 0.1) is 6.92 Å². The second-order valence-corrected chi connectivity index (χ2v) is 4.02. The van der Waals surface area contributed by atoms with Crippen LogP contribution in [0.3, 0.4) is 0 Å². The van der Waals surface area contributed by atoms with Crippen LogP contribution in [0.15, 0.2) is 18.2 Å². The molecule has 0 amide bonds. The number of hydrogen-bond acceptors (Lipinski definition) is 4. The molecule has 1 N–H and O–H groups in total. The summed E-state index contributed by atoms with van der Waals surface area (Å²) >= 11 is 0. The molecule has 2 heterocycles. The Morgan fingerprint density at radius 1 is 1.31 bits per heavy atom. The van der Waals surface area contributed by atoms with Gasteiger partial charge in [0.1, 0.15) is 0 Å².